The SMILES string of the molecule is [2H]C([2H])([2H])c1ccc(-c2cc(-c3ccc(C([2H])([2H])C(C)(C)C)cc3)c(C([2H])([2H])[2H])cc2[CH2-])nc1.[2H]C([2H])(c1ccc(-c2ccnc(-c3[c-]ccc4c3oc3c5ccccc5ccc43)c2)cc1)C(C)(C)C.[Ir]. The Morgan fingerprint density at radius 3 is 1.97 bits per heavy atom. The van der Waals surface area contributed by atoms with E-state index in [0.29, 0.717) is 39.1 Å². The van der Waals surface area contributed by atoms with Crippen molar-refractivity contribution in [1.82, 2.24) is 9.97 Å². The summed E-state index contributed by atoms with van der Waals surface area (Å²) in [5.41, 5.74) is 8.25. The second-order valence-electron chi connectivity index (χ2n) is 17.2. The number of pyridine rings is 2. The monoisotopic (exact) mass is 985 g/mol. The number of hydrogen-bond acceptors (Lipinski definition) is 3. The van der Waals surface area contributed by atoms with E-state index in [-0.39, 0.29) is 31.2 Å². The molecule has 0 aliphatic rings. The van der Waals surface area contributed by atoms with Gasteiger partial charge in [0.05, 0.1) is 5.58 Å². The van der Waals surface area contributed by atoms with E-state index in [1.807, 2.05) is 102 Å². The summed E-state index contributed by atoms with van der Waals surface area (Å²) in [6.45, 7) is 10.6. The smallest absolute Gasteiger partial charge is 0.128 e. The van der Waals surface area contributed by atoms with Gasteiger partial charge in [-0.2, -0.15) is 18.6 Å². The molecule has 0 aliphatic heterocycles. The van der Waals surface area contributed by atoms with Crippen LogP contribution in [0.1, 0.15) is 83.1 Å². The molecule has 1 radical (unpaired) electrons. The molecule has 3 aromatic heterocycles. The van der Waals surface area contributed by atoms with Crippen LogP contribution >= 0.6 is 0 Å². The van der Waals surface area contributed by atoms with Gasteiger partial charge < -0.3 is 9.40 Å². The molecule has 0 saturated carbocycles. The topological polar surface area (TPSA) is 38.9 Å². The second-order valence-corrected chi connectivity index (χ2v) is 17.2. The minimum atomic E-state index is -2.39. The largest absolute Gasteiger partial charge is 0.500 e. The van der Waals surface area contributed by atoms with Gasteiger partial charge in [0, 0.05) is 62.7 Å². The maximum atomic E-state index is 8.56. The average molecular weight is 985 g/mol. The van der Waals surface area contributed by atoms with Crippen molar-refractivity contribution in [3.8, 4) is 44.8 Å². The van der Waals surface area contributed by atoms with Gasteiger partial charge in [-0.25, -0.2) is 0 Å². The van der Waals surface area contributed by atoms with Crippen LogP contribution in [0.3, 0.4) is 0 Å². The fraction of sp³-hybridized carbons (Fsp3) is 0.211. The summed E-state index contributed by atoms with van der Waals surface area (Å²) >= 11 is 0. The van der Waals surface area contributed by atoms with Gasteiger partial charge in [-0.1, -0.05) is 162 Å². The average Bonchev–Trinajstić information content (AvgIpc) is 3.70. The molecule has 3 nitrogen and oxygen atoms in total. The normalized spacial score (nSPS) is 15.0. The second kappa shape index (κ2) is 17.7. The van der Waals surface area contributed by atoms with Gasteiger partial charge in [-0.3, -0.25) is 4.98 Å². The van der Waals surface area contributed by atoms with E-state index in [9.17, 15) is 0 Å². The molecule has 9 aromatic rings. The first-order valence-corrected chi connectivity index (χ1v) is 20.1. The maximum absolute atomic E-state index is 8.56. The standard InChI is InChI=1S/C32H26NO.C25H28N.Ir/c1-32(2,3)20-21-11-13-22(14-12-21)24-17-18-33-29(19-24)28-10-6-9-26-27-16-15-23-7-4-5-8-25(23)30(27)34-31(26)28;1-17-7-12-24(26-16-17)23-14-22(18(2)13-19(23)3)21-10-8-20(9-11-21)15-25(4,5)6;/h4-9,11-19H,20H2,1-3H3;7-14,16H,3,15H2,1-2,4-6H3;/q2*-1;/i20D2;1D3,2D3,15D2;. The summed E-state index contributed by atoms with van der Waals surface area (Å²) in [7, 11) is 0. The Hall–Kier alpha value is -5.80. The quantitative estimate of drug-likeness (QED) is 0.156. The van der Waals surface area contributed by atoms with E-state index < -0.39 is 37.3 Å². The Labute approximate surface area is 389 Å². The number of benzene rings is 6. The molecule has 0 saturated heterocycles. The van der Waals surface area contributed by atoms with E-state index in [4.69, 9.17) is 18.1 Å². The molecule has 0 aliphatic carbocycles. The van der Waals surface area contributed by atoms with Crippen molar-refractivity contribution in [3.05, 3.63) is 187 Å². The molecule has 9 rings (SSSR count). The van der Waals surface area contributed by atoms with E-state index in [1.54, 1.807) is 42.6 Å². The predicted octanol–water partition coefficient (Wildman–Crippen LogP) is 15.7. The third-order valence-corrected chi connectivity index (χ3v) is 10.1. The van der Waals surface area contributed by atoms with Crippen molar-refractivity contribution < 1.29 is 38.2 Å². The van der Waals surface area contributed by atoms with Crippen LogP contribution in [-0.2, 0) is 32.9 Å². The van der Waals surface area contributed by atoms with Gasteiger partial charge in [-0.05, 0) is 92.6 Å². The van der Waals surface area contributed by atoms with Gasteiger partial charge >= 0.3 is 0 Å². The van der Waals surface area contributed by atoms with Crippen LogP contribution in [0.4, 0.5) is 0 Å². The zero-order chi connectivity index (χ0) is 50.8. The molecule has 6 aromatic carbocycles. The molecule has 0 unspecified atom stereocenters. The van der Waals surface area contributed by atoms with Crippen molar-refractivity contribution in [3.63, 3.8) is 0 Å². The van der Waals surface area contributed by atoms with Gasteiger partial charge in [0.2, 0.25) is 0 Å². The third kappa shape index (κ3) is 9.89. The van der Waals surface area contributed by atoms with Crippen LogP contribution in [0, 0.1) is 37.5 Å². The van der Waals surface area contributed by atoms with Gasteiger partial charge in [0.1, 0.15) is 5.58 Å². The first kappa shape index (κ1) is 32.0. The van der Waals surface area contributed by atoms with Crippen LogP contribution in [0.15, 0.2) is 150 Å². The molecule has 0 amide bonds. The molecule has 3 heterocycles. The Morgan fingerprint density at radius 2 is 1.31 bits per heavy atom. The van der Waals surface area contributed by atoms with Crippen molar-refractivity contribution >= 4 is 32.7 Å². The van der Waals surface area contributed by atoms with E-state index in [1.165, 1.54) is 18.3 Å². The Morgan fingerprint density at radius 1 is 0.623 bits per heavy atom. The summed E-state index contributed by atoms with van der Waals surface area (Å²) in [4.78, 5) is 8.94. The minimum absolute atomic E-state index is 0. The molecule has 61 heavy (non-hydrogen) atoms. The molecular weight excluding hydrogens is 921 g/mol. The van der Waals surface area contributed by atoms with Gasteiger partial charge in [0.15, 0.2) is 0 Å². The summed E-state index contributed by atoms with van der Waals surface area (Å²) in [6, 6.07) is 44.7. The van der Waals surface area contributed by atoms with E-state index in [2.05, 4.69) is 47.2 Å². The number of hydrogen-bond donors (Lipinski definition) is 0. The first-order valence-electron chi connectivity index (χ1n) is 25.1. The summed E-state index contributed by atoms with van der Waals surface area (Å²) < 4.78 is 87.2. The molecule has 0 bridgehead atoms. The molecular formula is C57H54IrN2O-2. The molecule has 0 fully saturated rings. The Bertz CT molecular complexity index is 3360. The Balaban J connectivity index is 0.000000206. The fourth-order valence-corrected chi connectivity index (χ4v) is 7.43. The predicted molar refractivity (Wildman–Crippen MR) is 254 cm³/mol. The number of fused-ring (bicyclic) bond motifs is 5. The van der Waals surface area contributed by atoms with E-state index in [0.717, 1.165) is 55.1 Å². The minimum Gasteiger partial charge on any atom is -0.500 e. The van der Waals surface area contributed by atoms with Crippen molar-refractivity contribution in [2.75, 3.05) is 0 Å². The van der Waals surface area contributed by atoms with Gasteiger partial charge in [0.25, 0.3) is 0 Å². The first-order chi connectivity index (χ1) is 32.7. The van der Waals surface area contributed by atoms with Crippen molar-refractivity contribution in [1.29, 1.82) is 0 Å². The molecule has 309 valence electrons. The summed E-state index contributed by atoms with van der Waals surface area (Å²) in [5.74, 6) is 0. The van der Waals surface area contributed by atoms with Crippen LogP contribution in [-0.4, -0.2) is 9.97 Å². The van der Waals surface area contributed by atoms with Crippen LogP contribution < -0.4 is 0 Å². The number of aryl methyl sites for hydroxylation is 2. The zero-order valence-corrected chi connectivity index (χ0v) is 37.6. The van der Waals surface area contributed by atoms with Crippen LogP contribution in [0.2, 0.25) is 0 Å². The molecule has 0 atom stereocenters. The van der Waals surface area contributed by atoms with Crippen molar-refractivity contribution in [2.45, 2.75) is 68.0 Å². The number of nitrogens with zero attached hydrogens (tertiary/aromatic N) is 2. The molecule has 0 spiro atoms. The third-order valence-electron chi connectivity index (χ3n) is 10.1. The van der Waals surface area contributed by atoms with Crippen LogP contribution in [0.25, 0.3) is 77.5 Å². The van der Waals surface area contributed by atoms with Gasteiger partial charge in [-0.15, -0.1) is 29.8 Å². The maximum Gasteiger partial charge on any atom is 0.128 e. The molecule has 0 N–H and O–H groups in total. The van der Waals surface area contributed by atoms with Crippen molar-refractivity contribution in [2.24, 2.45) is 10.8 Å². The van der Waals surface area contributed by atoms with Crippen LogP contribution in [0.5, 0.6) is 0 Å². The molecule has 4 heteroatoms. The number of rotatable bonds is 6. The fourth-order valence-electron chi connectivity index (χ4n) is 7.43. The number of aromatic nitrogens is 2. The Kier molecular flexibility index (Phi) is 9.26. The summed E-state index contributed by atoms with van der Waals surface area (Å²) in [6.07, 6.45) is 0.0976. The summed E-state index contributed by atoms with van der Waals surface area (Å²) in [5, 5.41) is 4.37. The number of furan rings is 1. The van der Waals surface area contributed by atoms with E-state index >= 15 is 0 Å². The zero-order valence-electron chi connectivity index (χ0n) is 45.2.